The number of pyridine rings is 1. The minimum Gasteiger partial charge on any atom is -0.481 e. The number of hydrogen-bond acceptors (Lipinski definition) is 5. The molecule has 7 heteroatoms. The number of aromatic nitrogens is 1. The second-order valence-corrected chi connectivity index (χ2v) is 5.72. The Labute approximate surface area is 131 Å². The van der Waals surface area contributed by atoms with Crippen LogP contribution in [0.3, 0.4) is 0 Å². The largest absolute Gasteiger partial charge is 0.481 e. The number of hydrogen-bond donors (Lipinski definition) is 1. The van der Waals surface area contributed by atoms with E-state index >= 15 is 0 Å². The molecular formula is C16H15N3O4. The van der Waals surface area contributed by atoms with Gasteiger partial charge in [0.15, 0.2) is 0 Å². The minimum atomic E-state index is -0.840. The lowest BCUT2D eigenvalue weighted by Crippen LogP contribution is -2.40. The summed E-state index contributed by atoms with van der Waals surface area (Å²) < 4.78 is 7.21. The first-order valence-electron chi connectivity index (χ1n) is 6.97. The number of nitrogens with two attached hydrogens (primary N) is 1. The van der Waals surface area contributed by atoms with Gasteiger partial charge >= 0.3 is 0 Å². The van der Waals surface area contributed by atoms with Crippen molar-refractivity contribution in [2.24, 2.45) is 5.73 Å². The second kappa shape index (κ2) is 4.98. The van der Waals surface area contributed by atoms with E-state index in [1.165, 1.54) is 28.8 Å². The van der Waals surface area contributed by atoms with Crippen LogP contribution >= 0.6 is 0 Å². The standard InChI is InChI=1S/C16H15N3O4/c1-16(2)15(17)14(18-8-4-3-5-13(18)20)11-9-10(19(21)22)6-7-12(11)23-16/h3-9H,17H2,1-2H3. The molecule has 0 unspecified atom stereocenters. The van der Waals surface area contributed by atoms with E-state index in [0.29, 0.717) is 22.7 Å². The van der Waals surface area contributed by atoms with Crippen LogP contribution in [0.4, 0.5) is 5.69 Å². The Bertz CT molecular complexity index is 896. The van der Waals surface area contributed by atoms with Gasteiger partial charge in [0.05, 0.1) is 16.3 Å². The highest BCUT2D eigenvalue weighted by molar-refractivity contribution is 5.77. The third-order valence-electron chi connectivity index (χ3n) is 3.76. The summed E-state index contributed by atoms with van der Waals surface area (Å²) in [6.07, 6.45) is 1.58. The third kappa shape index (κ3) is 2.36. The zero-order valence-corrected chi connectivity index (χ0v) is 12.6. The van der Waals surface area contributed by atoms with E-state index in [-0.39, 0.29) is 11.2 Å². The molecule has 0 bridgehead atoms. The van der Waals surface area contributed by atoms with E-state index in [1.807, 2.05) is 0 Å². The normalized spacial score (nSPS) is 15.7. The van der Waals surface area contributed by atoms with Crippen molar-refractivity contribution in [3.63, 3.8) is 0 Å². The molecule has 1 aromatic heterocycles. The molecular weight excluding hydrogens is 298 g/mol. The van der Waals surface area contributed by atoms with Crippen LogP contribution in [0.25, 0.3) is 5.70 Å². The summed E-state index contributed by atoms with van der Waals surface area (Å²) >= 11 is 0. The van der Waals surface area contributed by atoms with Crippen LogP contribution in [0.15, 0.2) is 53.1 Å². The van der Waals surface area contributed by atoms with Crippen molar-refractivity contribution in [2.75, 3.05) is 0 Å². The van der Waals surface area contributed by atoms with E-state index in [0.717, 1.165) is 0 Å². The Balaban J connectivity index is 2.35. The highest BCUT2D eigenvalue weighted by atomic mass is 16.6. The van der Waals surface area contributed by atoms with Gasteiger partial charge in [-0.2, -0.15) is 0 Å². The van der Waals surface area contributed by atoms with E-state index in [9.17, 15) is 14.9 Å². The zero-order chi connectivity index (χ0) is 16.8. The predicted octanol–water partition coefficient (Wildman–Crippen LogP) is 2.10. The van der Waals surface area contributed by atoms with Crippen molar-refractivity contribution in [1.29, 1.82) is 0 Å². The molecule has 2 heterocycles. The average molecular weight is 313 g/mol. The number of nitro groups is 1. The molecule has 0 spiro atoms. The highest BCUT2D eigenvalue weighted by Crippen LogP contribution is 2.40. The monoisotopic (exact) mass is 313 g/mol. The van der Waals surface area contributed by atoms with Crippen LogP contribution in [0.1, 0.15) is 19.4 Å². The van der Waals surface area contributed by atoms with Crippen LogP contribution in [0.5, 0.6) is 5.75 Å². The molecule has 23 heavy (non-hydrogen) atoms. The van der Waals surface area contributed by atoms with Crippen molar-refractivity contribution >= 4 is 11.4 Å². The summed E-state index contributed by atoms with van der Waals surface area (Å²) in [4.78, 5) is 22.8. The van der Waals surface area contributed by atoms with E-state index in [2.05, 4.69) is 0 Å². The first-order chi connectivity index (χ1) is 10.8. The Hall–Kier alpha value is -3.09. The van der Waals surface area contributed by atoms with Crippen molar-refractivity contribution in [3.8, 4) is 5.75 Å². The fraction of sp³-hybridized carbons (Fsp3) is 0.188. The second-order valence-electron chi connectivity index (χ2n) is 5.72. The Morgan fingerprint density at radius 1 is 1.26 bits per heavy atom. The SMILES string of the molecule is CC1(C)Oc2ccc([N+](=O)[O-])cc2C(n2ccccc2=O)=C1N. The van der Waals surface area contributed by atoms with Crippen LogP contribution in [-0.2, 0) is 0 Å². The third-order valence-corrected chi connectivity index (χ3v) is 3.76. The zero-order valence-electron chi connectivity index (χ0n) is 12.6. The van der Waals surface area contributed by atoms with E-state index in [1.54, 1.807) is 32.2 Å². The van der Waals surface area contributed by atoms with Gasteiger partial charge in [0, 0.05) is 30.0 Å². The number of non-ortho nitro benzene ring substituents is 1. The van der Waals surface area contributed by atoms with Gasteiger partial charge in [-0.3, -0.25) is 19.5 Å². The lowest BCUT2D eigenvalue weighted by molar-refractivity contribution is -0.384. The number of benzene rings is 1. The van der Waals surface area contributed by atoms with Gasteiger partial charge in [-0.1, -0.05) is 6.07 Å². The number of rotatable bonds is 2. The van der Waals surface area contributed by atoms with Gasteiger partial charge in [0.2, 0.25) is 0 Å². The molecule has 1 aliphatic rings. The van der Waals surface area contributed by atoms with Gasteiger partial charge in [0.1, 0.15) is 11.4 Å². The number of nitrogens with zero attached hydrogens (tertiary/aromatic N) is 2. The Morgan fingerprint density at radius 3 is 2.65 bits per heavy atom. The highest BCUT2D eigenvalue weighted by Gasteiger charge is 2.35. The fourth-order valence-corrected chi connectivity index (χ4v) is 2.54. The van der Waals surface area contributed by atoms with Gasteiger partial charge in [-0.25, -0.2) is 0 Å². The molecule has 2 N–H and O–H groups in total. The van der Waals surface area contributed by atoms with Crippen molar-refractivity contribution in [2.45, 2.75) is 19.4 Å². The molecule has 1 aliphatic heterocycles. The van der Waals surface area contributed by atoms with E-state index in [4.69, 9.17) is 10.5 Å². The van der Waals surface area contributed by atoms with Crippen LogP contribution < -0.4 is 16.0 Å². The molecule has 118 valence electrons. The van der Waals surface area contributed by atoms with Crippen molar-refractivity contribution in [1.82, 2.24) is 4.57 Å². The summed E-state index contributed by atoms with van der Waals surface area (Å²) in [5.74, 6) is 0.445. The molecule has 2 aromatic rings. The van der Waals surface area contributed by atoms with Gasteiger partial charge in [-0.15, -0.1) is 0 Å². The topological polar surface area (TPSA) is 100 Å². The maximum absolute atomic E-state index is 12.2. The summed E-state index contributed by atoms with van der Waals surface area (Å²) in [5.41, 5.74) is 6.17. The van der Waals surface area contributed by atoms with Gasteiger partial charge in [0.25, 0.3) is 11.2 Å². The van der Waals surface area contributed by atoms with Crippen LogP contribution in [0, 0.1) is 10.1 Å². The maximum atomic E-state index is 12.2. The molecule has 0 saturated heterocycles. The van der Waals surface area contributed by atoms with Crippen LogP contribution in [0.2, 0.25) is 0 Å². The first-order valence-corrected chi connectivity index (χ1v) is 6.97. The number of fused-ring (bicyclic) bond motifs is 1. The van der Waals surface area contributed by atoms with Crippen molar-refractivity contribution in [3.05, 3.63) is 74.3 Å². The molecule has 1 aromatic carbocycles. The molecule has 0 saturated carbocycles. The average Bonchev–Trinajstić information content (AvgIpc) is 2.49. The van der Waals surface area contributed by atoms with Gasteiger partial charge in [-0.05, 0) is 26.0 Å². The van der Waals surface area contributed by atoms with Gasteiger partial charge < -0.3 is 10.5 Å². The lowest BCUT2D eigenvalue weighted by Gasteiger charge is -2.35. The first kappa shape index (κ1) is 14.8. The molecule has 3 rings (SSSR count). The molecule has 0 atom stereocenters. The lowest BCUT2D eigenvalue weighted by atomic mass is 9.95. The quantitative estimate of drug-likeness (QED) is 0.676. The Kier molecular flexibility index (Phi) is 3.21. The maximum Gasteiger partial charge on any atom is 0.270 e. The summed E-state index contributed by atoms with van der Waals surface area (Å²) in [6.45, 7) is 3.56. The molecule has 0 radical (unpaired) electrons. The summed E-state index contributed by atoms with van der Waals surface area (Å²) in [7, 11) is 0. The number of nitro benzene ring substituents is 1. The smallest absolute Gasteiger partial charge is 0.270 e. The van der Waals surface area contributed by atoms with Crippen LogP contribution in [-0.4, -0.2) is 15.1 Å². The molecule has 7 nitrogen and oxygen atoms in total. The van der Waals surface area contributed by atoms with E-state index < -0.39 is 10.5 Å². The number of ether oxygens (including phenoxy) is 1. The summed E-state index contributed by atoms with van der Waals surface area (Å²) in [6, 6.07) is 8.97. The summed E-state index contributed by atoms with van der Waals surface area (Å²) in [5, 5.41) is 11.1. The molecule has 0 aliphatic carbocycles. The van der Waals surface area contributed by atoms with Crippen molar-refractivity contribution < 1.29 is 9.66 Å². The Morgan fingerprint density at radius 2 is 2.00 bits per heavy atom. The fourth-order valence-electron chi connectivity index (χ4n) is 2.54. The predicted molar refractivity (Wildman–Crippen MR) is 85.0 cm³/mol. The molecule has 0 fully saturated rings. The minimum absolute atomic E-state index is 0.0960. The molecule has 0 amide bonds.